The van der Waals surface area contributed by atoms with Gasteiger partial charge in [-0.25, -0.2) is 0 Å². The minimum absolute atomic E-state index is 0.640. The first-order valence-electron chi connectivity index (χ1n) is 5.71. The molecule has 1 N–H and O–H groups in total. The lowest BCUT2D eigenvalue weighted by Gasteiger charge is -2.40. The van der Waals surface area contributed by atoms with E-state index in [0.717, 1.165) is 18.8 Å². The Morgan fingerprint density at radius 1 is 1.36 bits per heavy atom. The second-order valence-corrected chi connectivity index (χ2v) is 4.84. The first-order chi connectivity index (χ1) is 6.68. The molecule has 2 heterocycles. The molecule has 2 saturated heterocycles. The van der Waals surface area contributed by atoms with Crippen LogP contribution in [0.2, 0.25) is 0 Å². The maximum atomic E-state index is 7.89. The molecule has 80 valence electrons. The van der Waals surface area contributed by atoms with Gasteiger partial charge < -0.3 is 9.80 Å². The van der Waals surface area contributed by atoms with E-state index < -0.39 is 0 Å². The lowest BCUT2D eigenvalue weighted by Crippen LogP contribution is -2.49. The molecule has 0 spiro atoms. The van der Waals surface area contributed by atoms with Crippen LogP contribution < -0.4 is 0 Å². The van der Waals surface area contributed by atoms with E-state index in [9.17, 15) is 0 Å². The number of hydrogen-bond acceptors (Lipinski definition) is 2. The average molecular weight is 195 g/mol. The van der Waals surface area contributed by atoms with Crippen molar-refractivity contribution < 1.29 is 0 Å². The van der Waals surface area contributed by atoms with Gasteiger partial charge in [0.25, 0.3) is 0 Å². The Bertz CT molecular complexity index is 227. The Kier molecular flexibility index (Phi) is 2.77. The van der Waals surface area contributed by atoms with Gasteiger partial charge in [0.2, 0.25) is 0 Å². The molecule has 0 aromatic carbocycles. The van der Waals surface area contributed by atoms with Gasteiger partial charge in [0, 0.05) is 25.6 Å². The van der Waals surface area contributed by atoms with Crippen LogP contribution in [0.1, 0.15) is 26.2 Å². The molecule has 3 heteroatoms. The number of amidine groups is 1. The summed E-state index contributed by atoms with van der Waals surface area (Å²) in [5, 5.41) is 7.89. The highest BCUT2D eigenvalue weighted by Gasteiger charge is 2.32. The predicted molar refractivity (Wildman–Crippen MR) is 58.7 cm³/mol. The molecule has 0 aromatic heterocycles. The van der Waals surface area contributed by atoms with Crippen LogP contribution in [-0.4, -0.2) is 48.4 Å². The first-order valence-corrected chi connectivity index (χ1v) is 5.71. The molecular weight excluding hydrogens is 174 g/mol. The summed E-state index contributed by atoms with van der Waals surface area (Å²) in [7, 11) is 2.20. The van der Waals surface area contributed by atoms with Crippen molar-refractivity contribution in [1.82, 2.24) is 9.80 Å². The van der Waals surface area contributed by atoms with Crippen molar-refractivity contribution in [2.24, 2.45) is 5.92 Å². The second-order valence-electron chi connectivity index (χ2n) is 4.84. The van der Waals surface area contributed by atoms with Gasteiger partial charge in [-0.15, -0.1) is 0 Å². The summed E-state index contributed by atoms with van der Waals surface area (Å²) in [6, 6.07) is 0.640. The number of likely N-dealkylation sites (tertiary alicyclic amines) is 2. The monoisotopic (exact) mass is 195 g/mol. The average Bonchev–Trinajstić information content (AvgIpc) is 2.52. The summed E-state index contributed by atoms with van der Waals surface area (Å²) in [4.78, 5) is 4.75. The van der Waals surface area contributed by atoms with Crippen LogP contribution in [0.25, 0.3) is 0 Å². The Balaban J connectivity index is 2.00. The zero-order valence-corrected chi connectivity index (χ0v) is 9.29. The molecule has 2 rings (SSSR count). The van der Waals surface area contributed by atoms with Crippen LogP contribution >= 0.6 is 0 Å². The summed E-state index contributed by atoms with van der Waals surface area (Å²) >= 11 is 0. The second kappa shape index (κ2) is 3.89. The zero-order valence-electron chi connectivity index (χ0n) is 9.29. The summed E-state index contributed by atoms with van der Waals surface area (Å²) in [6.45, 7) is 5.83. The number of nitrogens with zero attached hydrogens (tertiary/aromatic N) is 2. The Labute approximate surface area is 86.6 Å². The minimum atomic E-state index is 0.640. The Hall–Kier alpha value is -0.570. The zero-order chi connectivity index (χ0) is 10.1. The predicted octanol–water partition coefficient (Wildman–Crippen LogP) is 1.40. The third-order valence-electron chi connectivity index (χ3n) is 3.62. The molecule has 2 aliphatic rings. The quantitative estimate of drug-likeness (QED) is 0.685. The Morgan fingerprint density at radius 3 is 2.71 bits per heavy atom. The summed E-state index contributed by atoms with van der Waals surface area (Å²) in [5.41, 5.74) is 0. The van der Waals surface area contributed by atoms with Crippen molar-refractivity contribution in [2.45, 2.75) is 32.2 Å². The number of hydrogen-bond donors (Lipinski definition) is 1. The molecule has 2 aliphatic heterocycles. The van der Waals surface area contributed by atoms with Crippen LogP contribution in [0.5, 0.6) is 0 Å². The largest absolute Gasteiger partial charge is 0.357 e. The van der Waals surface area contributed by atoms with Crippen molar-refractivity contribution >= 4 is 5.84 Å². The highest BCUT2D eigenvalue weighted by molar-refractivity contribution is 5.81. The first kappa shape index (κ1) is 9.97. The van der Waals surface area contributed by atoms with E-state index in [1.807, 2.05) is 0 Å². The van der Waals surface area contributed by atoms with Crippen molar-refractivity contribution in [3.63, 3.8) is 0 Å². The molecule has 0 amide bonds. The fourth-order valence-corrected chi connectivity index (χ4v) is 2.87. The van der Waals surface area contributed by atoms with Gasteiger partial charge in [0.15, 0.2) is 0 Å². The van der Waals surface area contributed by atoms with Crippen LogP contribution in [0.3, 0.4) is 0 Å². The Morgan fingerprint density at radius 2 is 2.14 bits per heavy atom. The molecule has 3 nitrogen and oxygen atoms in total. The van der Waals surface area contributed by atoms with E-state index in [1.165, 1.54) is 25.9 Å². The van der Waals surface area contributed by atoms with Gasteiger partial charge >= 0.3 is 0 Å². The van der Waals surface area contributed by atoms with Gasteiger partial charge in [-0.2, -0.15) is 0 Å². The lowest BCUT2D eigenvalue weighted by molar-refractivity contribution is 0.126. The maximum absolute atomic E-state index is 7.89. The van der Waals surface area contributed by atoms with Gasteiger partial charge in [-0.05, 0) is 32.4 Å². The number of piperidine rings is 1. The van der Waals surface area contributed by atoms with Gasteiger partial charge in [0.05, 0.1) is 5.84 Å². The van der Waals surface area contributed by atoms with Crippen LogP contribution in [0.15, 0.2) is 0 Å². The van der Waals surface area contributed by atoms with E-state index in [-0.39, 0.29) is 0 Å². The van der Waals surface area contributed by atoms with Crippen molar-refractivity contribution in [3.8, 4) is 0 Å². The standard InChI is InChI=1S/C11H21N3/c1-9-8-13(2)7-5-10(9)14-6-3-4-11(14)12/h9-10,12H,3-8H2,1-2H3. The molecule has 2 unspecified atom stereocenters. The van der Waals surface area contributed by atoms with Crippen molar-refractivity contribution in [3.05, 3.63) is 0 Å². The minimum Gasteiger partial charge on any atom is -0.357 e. The normalized spacial score (nSPS) is 35.3. The third kappa shape index (κ3) is 1.78. The van der Waals surface area contributed by atoms with E-state index in [0.29, 0.717) is 12.0 Å². The van der Waals surface area contributed by atoms with E-state index in [1.54, 1.807) is 0 Å². The molecule has 14 heavy (non-hydrogen) atoms. The molecule has 2 atom stereocenters. The highest BCUT2D eigenvalue weighted by atomic mass is 15.2. The number of rotatable bonds is 1. The SMILES string of the molecule is CC1CN(C)CCC1N1CCCC1=N. The van der Waals surface area contributed by atoms with Crippen molar-refractivity contribution in [1.29, 1.82) is 5.41 Å². The van der Waals surface area contributed by atoms with E-state index in [4.69, 9.17) is 5.41 Å². The molecule has 0 bridgehead atoms. The van der Waals surface area contributed by atoms with Gasteiger partial charge in [0.1, 0.15) is 0 Å². The summed E-state index contributed by atoms with van der Waals surface area (Å²) in [6.07, 6.45) is 3.43. The van der Waals surface area contributed by atoms with Gasteiger partial charge in [-0.3, -0.25) is 5.41 Å². The smallest absolute Gasteiger partial charge is 0.0960 e. The summed E-state index contributed by atoms with van der Waals surface area (Å²) < 4.78 is 0. The lowest BCUT2D eigenvalue weighted by atomic mass is 9.93. The van der Waals surface area contributed by atoms with Crippen LogP contribution in [0.4, 0.5) is 0 Å². The molecule has 0 radical (unpaired) electrons. The molecular formula is C11H21N3. The number of nitrogens with one attached hydrogen (secondary N) is 1. The highest BCUT2D eigenvalue weighted by Crippen LogP contribution is 2.25. The fourth-order valence-electron chi connectivity index (χ4n) is 2.87. The van der Waals surface area contributed by atoms with Crippen LogP contribution in [-0.2, 0) is 0 Å². The fraction of sp³-hybridized carbons (Fsp3) is 0.909. The molecule has 0 saturated carbocycles. The van der Waals surface area contributed by atoms with E-state index in [2.05, 4.69) is 23.8 Å². The molecule has 0 aliphatic carbocycles. The van der Waals surface area contributed by atoms with Crippen LogP contribution in [0, 0.1) is 11.3 Å². The maximum Gasteiger partial charge on any atom is 0.0960 e. The summed E-state index contributed by atoms with van der Waals surface area (Å²) in [5.74, 6) is 1.60. The third-order valence-corrected chi connectivity index (χ3v) is 3.62. The van der Waals surface area contributed by atoms with Gasteiger partial charge in [-0.1, -0.05) is 6.92 Å². The molecule has 0 aromatic rings. The molecule has 2 fully saturated rings. The topological polar surface area (TPSA) is 30.3 Å². The van der Waals surface area contributed by atoms with E-state index >= 15 is 0 Å². The van der Waals surface area contributed by atoms with Crippen molar-refractivity contribution in [2.75, 3.05) is 26.7 Å².